The predicted molar refractivity (Wildman–Crippen MR) is 58.6 cm³/mol. The summed E-state index contributed by atoms with van der Waals surface area (Å²) in [5.41, 5.74) is 6.32. The fourth-order valence-electron chi connectivity index (χ4n) is 3.21. The van der Waals surface area contributed by atoms with Gasteiger partial charge in [0.1, 0.15) is 0 Å². The van der Waals surface area contributed by atoms with E-state index in [1.807, 2.05) is 0 Å². The van der Waals surface area contributed by atoms with Crippen molar-refractivity contribution in [2.45, 2.75) is 58.8 Å². The van der Waals surface area contributed by atoms with Crippen molar-refractivity contribution < 1.29 is 0 Å². The molecule has 1 heteroatoms. The van der Waals surface area contributed by atoms with Gasteiger partial charge in [-0.3, -0.25) is 0 Å². The molecule has 0 spiro atoms. The minimum Gasteiger partial charge on any atom is -0.330 e. The predicted octanol–water partition coefficient (Wildman–Crippen LogP) is 3.33. The molecule has 0 aromatic rings. The summed E-state index contributed by atoms with van der Waals surface area (Å²) in [6.07, 6.45) is 9.72. The van der Waals surface area contributed by atoms with E-state index in [0.29, 0.717) is 5.41 Å². The van der Waals surface area contributed by atoms with Gasteiger partial charge in [-0.1, -0.05) is 39.5 Å². The van der Waals surface area contributed by atoms with Gasteiger partial charge in [0.2, 0.25) is 0 Å². The fraction of sp³-hybridized carbons (Fsp3) is 1.00. The van der Waals surface area contributed by atoms with Crippen LogP contribution in [0.3, 0.4) is 0 Å². The molecule has 0 heterocycles. The molecule has 0 aromatic heterocycles. The molecular formula is C12H25N. The lowest BCUT2D eigenvalue weighted by atomic mass is 9.68. The molecule has 0 atom stereocenters. The van der Waals surface area contributed by atoms with Gasteiger partial charge in [0.15, 0.2) is 0 Å². The first-order valence-electron chi connectivity index (χ1n) is 5.99. The van der Waals surface area contributed by atoms with Crippen molar-refractivity contribution in [1.82, 2.24) is 0 Å². The lowest BCUT2D eigenvalue weighted by Gasteiger charge is -2.37. The standard InChI is InChI=1S/C12H25N/c1-3-12(4-2,9-10-13)11-7-5-6-8-11/h11H,3-10,13H2,1-2H3. The zero-order chi connectivity index (χ0) is 9.73. The summed E-state index contributed by atoms with van der Waals surface area (Å²) < 4.78 is 0. The third-order valence-corrected chi connectivity index (χ3v) is 4.27. The van der Waals surface area contributed by atoms with Gasteiger partial charge in [-0.25, -0.2) is 0 Å². The van der Waals surface area contributed by atoms with Crippen LogP contribution in [-0.4, -0.2) is 6.54 Å². The topological polar surface area (TPSA) is 26.0 Å². The van der Waals surface area contributed by atoms with Gasteiger partial charge in [0.25, 0.3) is 0 Å². The molecule has 2 N–H and O–H groups in total. The summed E-state index contributed by atoms with van der Waals surface area (Å²) in [5.74, 6) is 0.978. The van der Waals surface area contributed by atoms with Crippen molar-refractivity contribution in [3.05, 3.63) is 0 Å². The van der Waals surface area contributed by atoms with Crippen LogP contribution in [0, 0.1) is 11.3 Å². The second-order valence-corrected chi connectivity index (χ2v) is 4.59. The zero-order valence-electron chi connectivity index (χ0n) is 9.31. The Hall–Kier alpha value is -0.0400. The smallest absolute Gasteiger partial charge is 0.00719 e. The van der Waals surface area contributed by atoms with Crippen LogP contribution < -0.4 is 5.73 Å². The van der Waals surface area contributed by atoms with Crippen molar-refractivity contribution in [2.24, 2.45) is 17.1 Å². The molecule has 1 rings (SSSR count). The van der Waals surface area contributed by atoms with Gasteiger partial charge >= 0.3 is 0 Å². The first-order valence-corrected chi connectivity index (χ1v) is 5.99. The van der Waals surface area contributed by atoms with E-state index in [1.165, 1.54) is 44.9 Å². The van der Waals surface area contributed by atoms with Crippen LogP contribution in [0.15, 0.2) is 0 Å². The highest BCUT2D eigenvalue weighted by molar-refractivity contribution is 4.87. The van der Waals surface area contributed by atoms with Gasteiger partial charge < -0.3 is 5.73 Å². The summed E-state index contributed by atoms with van der Waals surface area (Å²) in [7, 11) is 0. The normalized spacial score (nSPS) is 19.6. The first-order chi connectivity index (χ1) is 6.29. The Balaban J connectivity index is 2.62. The van der Waals surface area contributed by atoms with Gasteiger partial charge in [0.05, 0.1) is 0 Å². The highest BCUT2D eigenvalue weighted by atomic mass is 14.6. The minimum absolute atomic E-state index is 0.589. The van der Waals surface area contributed by atoms with Crippen LogP contribution in [0.25, 0.3) is 0 Å². The van der Waals surface area contributed by atoms with Gasteiger partial charge in [-0.2, -0.15) is 0 Å². The van der Waals surface area contributed by atoms with E-state index in [2.05, 4.69) is 13.8 Å². The Kier molecular flexibility index (Phi) is 4.24. The number of nitrogens with two attached hydrogens (primary N) is 1. The molecule has 1 aliphatic rings. The molecule has 78 valence electrons. The van der Waals surface area contributed by atoms with Crippen LogP contribution in [0.5, 0.6) is 0 Å². The van der Waals surface area contributed by atoms with E-state index in [4.69, 9.17) is 5.73 Å². The molecule has 13 heavy (non-hydrogen) atoms. The van der Waals surface area contributed by atoms with E-state index in [0.717, 1.165) is 12.5 Å². The van der Waals surface area contributed by atoms with Crippen LogP contribution in [0.4, 0.5) is 0 Å². The van der Waals surface area contributed by atoms with E-state index >= 15 is 0 Å². The Labute approximate surface area is 83.1 Å². The monoisotopic (exact) mass is 183 g/mol. The second kappa shape index (κ2) is 4.99. The first kappa shape index (κ1) is 11.0. The Morgan fingerprint density at radius 3 is 2.08 bits per heavy atom. The van der Waals surface area contributed by atoms with Crippen LogP contribution in [0.1, 0.15) is 58.8 Å². The summed E-state index contributed by atoms with van der Waals surface area (Å²) >= 11 is 0. The molecule has 0 aliphatic heterocycles. The zero-order valence-corrected chi connectivity index (χ0v) is 9.31. The fourth-order valence-corrected chi connectivity index (χ4v) is 3.21. The third-order valence-electron chi connectivity index (χ3n) is 4.27. The largest absolute Gasteiger partial charge is 0.330 e. The van der Waals surface area contributed by atoms with E-state index < -0.39 is 0 Å². The molecular weight excluding hydrogens is 158 g/mol. The van der Waals surface area contributed by atoms with Crippen LogP contribution in [0.2, 0.25) is 0 Å². The average molecular weight is 183 g/mol. The maximum Gasteiger partial charge on any atom is -0.00719 e. The van der Waals surface area contributed by atoms with E-state index in [-0.39, 0.29) is 0 Å². The Morgan fingerprint density at radius 2 is 1.69 bits per heavy atom. The van der Waals surface area contributed by atoms with Crippen molar-refractivity contribution in [1.29, 1.82) is 0 Å². The minimum atomic E-state index is 0.589. The molecule has 0 radical (unpaired) electrons. The van der Waals surface area contributed by atoms with Crippen molar-refractivity contribution in [3.63, 3.8) is 0 Å². The molecule has 0 aromatic carbocycles. The second-order valence-electron chi connectivity index (χ2n) is 4.59. The lowest BCUT2D eigenvalue weighted by Crippen LogP contribution is -2.30. The molecule has 1 fully saturated rings. The van der Waals surface area contributed by atoms with Crippen molar-refractivity contribution in [2.75, 3.05) is 6.54 Å². The third kappa shape index (κ3) is 2.25. The maximum atomic E-state index is 5.73. The summed E-state index contributed by atoms with van der Waals surface area (Å²) in [6, 6.07) is 0. The van der Waals surface area contributed by atoms with Gasteiger partial charge in [-0.05, 0) is 37.1 Å². The summed E-state index contributed by atoms with van der Waals surface area (Å²) in [4.78, 5) is 0. The van der Waals surface area contributed by atoms with Crippen molar-refractivity contribution in [3.8, 4) is 0 Å². The number of hydrogen-bond acceptors (Lipinski definition) is 1. The molecule has 0 bridgehead atoms. The van der Waals surface area contributed by atoms with Gasteiger partial charge in [-0.15, -0.1) is 0 Å². The Bertz CT molecular complexity index is 132. The van der Waals surface area contributed by atoms with E-state index in [1.54, 1.807) is 0 Å². The number of rotatable bonds is 5. The van der Waals surface area contributed by atoms with Gasteiger partial charge in [0, 0.05) is 0 Å². The SMILES string of the molecule is CCC(CC)(CCN)C1CCCC1. The maximum absolute atomic E-state index is 5.73. The summed E-state index contributed by atoms with van der Waals surface area (Å²) in [6.45, 7) is 5.56. The quantitative estimate of drug-likeness (QED) is 0.695. The molecule has 1 aliphatic carbocycles. The van der Waals surface area contributed by atoms with Crippen LogP contribution in [-0.2, 0) is 0 Å². The van der Waals surface area contributed by atoms with E-state index in [9.17, 15) is 0 Å². The molecule has 1 saturated carbocycles. The highest BCUT2D eigenvalue weighted by Crippen LogP contribution is 2.46. The highest BCUT2D eigenvalue weighted by Gasteiger charge is 2.36. The molecule has 0 amide bonds. The van der Waals surface area contributed by atoms with Crippen molar-refractivity contribution >= 4 is 0 Å². The molecule has 0 saturated heterocycles. The average Bonchev–Trinajstić information content (AvgIpc) is 2.68. The van der Waals surface area contributed by atoms with Crippen LogP contribution >= 0.6 is 0 Å². The molecule has 1 nitrogen and oxygen atoms in total. The lowest BCUT2D eigenvalue weighted by molar-refractivity contribution is 0.134. The summed E-state index contributed by atoms with van der Waals surface area (Å²) in [5, 5.41) is 0. The Morgan fingerprint density at radius 1 is 1.15 bits per heavy atom. The molecule has 0 unspecified atom stereocenters. The number of hydrogen-bond donors (Lipinski definition) is 1.